The Hall–Kier alpha value is -2.02. The van der Waals surface area contributed by atoms with Gasteiger partial charge in [-0.05, 0) is 38.3 Å². The lowest BCUT2D eigenvalue weighted by molar-refractivity contribution is -0.151. The molecule has 3 amide bonds. The van der Waals surface area contributed by atoms with Crippen LogP contribution in [-0.2, 0) is 14.3 Å². The summed E-state index contributed by atoms with van der Waals surface area (Å²) in [4.78, 5) is 36.8. The molecule has 1 fully saturated rings. The molecule has 1 aliphatic rings. The van der Waals surface area contributed by atoms with Gasteiger partial charge in [0.25, 0.3) is 5.91 Å². The Labute approximate surface area is 158 Å². The van der Waals surface area contributed by atoms with E-state index in [-0.39, 0.29) is 11.8 Å². The molecule has 0 heterocycles. The Balaban J connectivity index is 1.70. The minimum absolute atomic E-state index is 0.108. The number of imide groups is 1. The highest BCUT2D eigenvalue weighted by atomic mass is 32.2. The number of nitrogens with one attached hydrogen (secondary N) is 2. The van der Waals surface area contributed by atoms with Gasteiger partial charge in [0.2, 0.25) is 0 Å². The Kier molecular flexibility index (Phi) is 7.97. The number of rotatable bonds is 6. The number of esters is 1. The molecule has 1 saturated carbocycles. The first-order chi connectivity index (χ1) is 12.5. The maximum atomic E-state index is 12.0. The molecule has 1 aliphatic carbocycles. The lowest BCUT2D eigenvalue weighted by Gasteiger charge is -2.23. The molecular formula is C19H26N2O4S. The van der Waals surface area contributed by atoms with E-state index >= 15 is 0 Å². The molecular weight excluding hydrogens is 352 g/mol. The Morgan fingerprint density at radius 3 is 2.58 bits per heavy atom. The van der Waals surface area contributed by atoms with Gasteiger partial charge in [-0.1, -0.05) is 37.5 Å². The van der Waals surface area contributed by atoms with Gasteiger partial charge >= 0.3 is 12.0 Å². The number of urea groups is 1. The predicted octanol–water partition coefficient (Wildman–Crippen LogP) is 3.18. The highest BCUT2D eigenvalue weighted by molar-refractivity contribution is 8.00. The second kappa shape index (κ2) is 10.2. The van der Waals surface area contributed by atoms with Crippen molar-refractivity contribution in [2.24, 2.45) is 0 Å². The van der Waals surface area contributed by atoms with Gasteiger partial charge < -0.3 is 10.1 Å². The number of hydrogen-bond acceptors (Lipinski definition) is 5. The predicted molar refractivity (Wildman–Crippen MR) is 101 cm³/mol. The molecule has 1 aromatic carbocycles. The smallest absolute Gasteiger partial charge is 0.321 e. The van der Waals surface area contributed by atoms with Crippen molar-refractivity contribution in [3.8, 4) is 0 Å². The van der Waals surface area contributed by atoms with Crippen molar-refractivity contribution in [2.45, 2.75) is 63.0 Å². The second-order valence-electron chi connectivity index (χ2n) is 6.48. The van der Waals surface area contributed by atoms with Gasteiger partial charge in [0.1, 0.15) is 0 Å². The largest absolute Gasteiger partial charge is 0.452 e. The molecule has 7 heteroatoms. The normalized spacial score (nSPS) is 15.8. The standard InChI is InChI=1S/C19H26N2O4S/c1-13-8-6-7-11-16(13)26-12-17(22)25-14(2)18(23)21-19(24)20-15-9-4-3-5-10-15/h6-8,11,14-15H,3-5,9-10,12H2,1-2H3,(H2,20,21,23,24). The summed E-state index contributed by atoms with van der Waals surface area (Å²) in [6, 6.07) is 7.32. The number of benzene rings is 1. The zero-order chi connectivity index (χ0) is 18.9. The van der Waals surface area contributed by atoms with Crippen LogP contribution >= 0.6 is 11.8 Å². The van der Waals surface area contributed by atoms with Crippen LogP contribution in [0.25, 0.3) is 0 Å². The van der Waals surface area contributed by atoms with Crippen LogP contribution in [0.4, 0.5) is 4.79 Å². The summed E-state index contributed by atoms with van der Waals surface area (Å²) < 4.78 is 5.11. The van der Waals surface area contributed by atoms with Crippen LogP contribution in [0.15, 0.2) is 29.2 Å². The fourth-order valence-electron chi connectivity index (χ4n) is 2.82. The van der Waals surface area contributed by atoms with Gasteiger partial charge in [0.05, 0.1) is 5.75 Å². The number of ether oxygens (including phenoxy) is 1. The van der Waals surface area contributed by atoms with Crippen molar-refractivity contribution in [2.75, 3.05) is 5.75 Å². The minimum Gasteiger partial charge on any atom is -0.452 e. The topological polar surface area (TPSA) is 84.5 Å². The fourth-order valence-corrected chi connectivity index (χ4v) is 3.63. The van der Waals surface area contributed by atoms with E-state index < -0.39 is 24.0 Å². The van der Waals surface area contributed by atoms with Crippen molar-refractivity contribution in [3.63, 3.8) is 0 Å². The molecule has 1 aromatic rings. The number of carbonyl (C=O) groups excluding carboxylic acids is 3. The lowest BCUT2D eigenvalue weighted by Crippen LogP contribution is -2.48. The van der Waals surface area contributed by atoms with Crippen LogP contribution in [-0.4, -0.2) is 35.8 Å². The lowest BCUT2D eigenvalue weighted by atomic mass is 9.96. The SMILES string of the molecule is Cc1ccccc1SCC(=O)OC(C)C(=O)NC(=O)NC1CCCCC1. The molecule has 6 nitrogen and oxygen atoms in total. The summed E-state index contributed by atoms with van der Waals surface area (Å²) in [5.74, 6) is -1.00. The summed E-state index contributed by atoms with van der Waals surface area (Å²) in [6.45, 7) is 3.42. The van der Waals surface area contributed by atoms with Gasteiger partial charge in [-0.2, -0.15) is 0 Å². The third-order valence-corrected chi connectivity index (χ3v) is 5.44. The van der Waals surface area contributed by atoms with Gasteiger partial charge in [-0.25, -0.2) is 4.79 Å². The molecule has 1 atom stereocenters. The summed E-state index contributed by atoms with van der Waals surface area (Å²) in [7, 11) is 0. The molecule has 0 radical (unpaired) electrons. The Morgan fingerprint density at radius 1 is 1.19 bits per heavy atom. The molecule has 0 aromatic heterocycles. The Morgan fingerprint density at radius 2 is 1.88 bits per heavy atom. The maximum absolute atomic E-state index is 12.0. The van der Waals surface area contributed by atoms with Gasteiger partial charge in [0.15, 0.2) is 6.10 Å². The Bertz CT molecular complexity index is 644. The summed E-state index contributed by atoms with van der Waals surface area (Å²) in [6.07, 6.45) is 4.21. The molecule has 1 unspecified atom stereocenters. The van der Waals surface area contributed by atoms with Crippen LogP contribution in [0, 0.1) is 6.92 Å². The number of carbonyl (C=O) groups is 3. The van der Waals surface area contributed by atoms with Gasteiger partial charge in [-0.15, -0.1) is 11.8 Å². The third-order valence-electron chi connectivity index (χ3n) is 4.29. The zero-order valence-electron chi connectivity index (χ0n) is 15.2. The van der Waals surface area contributed by atoms with Crippen molar-refractivity contribution in [1.29, 1.82) is 0 Å². The average Bonchev–Trinajstić information content (AvgIpc) is 2.61. The molecule has 0 aliphatic heterocycles. The zero-order valence-corrected chi connectivity index (χ0v) is 16.1. The van der Waals surface area contributed by atoms with Crippen LogP contribution in [0.1, 0.15) is 44.6 Å². The molecule has 2 rings (SSSR count). The summed E-state index contributed by atoms with van der Waals surface area (Å²) in [5.41, 5.74) is 1.08. The second-order valence-corrected chi connectivity index (χ2v) is 7.50. The molecule has 2 N–H and O–H groups in total. The number of amides is 3. The van der Waals surface area contributed by atoms with Crippen molar-refractivity contribution >= 4 is 29.7 Å². The summed E-state index contributed by atoms with van der Waals surface area (Å²) in [5, 5.41) is 5.04. The van der Waals surface area contributed by atoms with Crippen LogP contribution in [0.2, 0.25) is 0 Å². The first kappa shape index (κ1) is 20.3. The van der Waals surface area contributed by atoms with E-state index in [9.17, 15) is 14.4 Å². The number of hydrogen-bond donors (Lipinski definition) is 2. The van der Waals surface area contributed by atoms with E-state index in [0.717, 1.165) is 36.1 Å². The molecule has 0 saturated heterocycles. The number of aryl methyl sites for hydroxylation is 1. The van der Waals surface area contributed by atoms with Gasteiger partial charge in [0, 0.05) is 10.9 Å². The van der Waals surface area contributed by atoms with E-state index in [1.807, 2.05) is 31.2 Å². The molecule has 142 valence electrons. The summed E-state index contributed by atoms with van der Waals surface area (Å²) >= 11 is 1.36. The van der Waals surface area contributed by atoms with Gasteiger partial charge in [-0.3, -0.25) is 14.9 Å². The fraction of sp³-hybridized carbons (Fsp3) is 0.526. The minimum atomic E-state index is -1.02. The van der Waals surface area contributed by atoms with Crippen molar-refractivity contribution in [3.05, 3.63) is 29.8 Å². The highest BCUT2D eigenvalue weighted by Gasteiger charge is 2.22. The first-order valence-corrected chi connectivity index (χ1v) is 9.93. The van der Waals surface area contributed by atoms with E-state index in [0.29, 0.717) is 0 Å². The average molecular weight is 378 g/mol. The van der Waals surface area contributed by atoms with Crippen LogP contribution in [0.3, 0.4) is 0 Å². The third kappa shape index (κ3) is 6.71. The van der Waals surface area contributed by atoms with Crippen LogP contribution < -0.4 is 10.6 Å². The van der Waals surface area contributed by atoms with Crippen LogP contribution in [0.5, 0.6) is 0 Å². The number of thioether (sulfide) groups is 1. The van der Waals surface area contributed by atoms with E-state index in [1.165, 1.54) is 25.1 Å². The van der Waals surface area contributed by atoms with Crippen molar-refractivity contribution in [1.82, 2.24) is 10.6 Å². The maximum Gasteiger partial charge on any atom is 0.321 e. The van der Waals surface area contributed by atoms with E-state index in [1.54, 1.807) is 0 Å². The monoisotopic (exact) mass is 378 g/mol. The highest BCUT2D eigenvalue weighted by Crippen LogP contribution is 2.22. The molecule has 0 bridgehead atoms. The van der Waals surface area contributed by atoms with E-state index in [2.05, 4.69) is 10.6 Å². The molecule has 26 heavy (non-hydrogen) atoms. The quantitative estimate of drug-likeness (QED) is 0.587. The molecule has 0 spiro atoms. The van der Waals surface area contributed by atoms with Crippen molar-refractivity contribution < 1.29 is 19.1 Å². The first-order valence-electron chi connectivity index (χ1n) is 8.95. The van der Waals surface area contributed by atoms with E-state index in [4.69, 9.17) is 4.74 Å².